The molecule has 1 aromatic carbocycles. The molecule has 3 nitrogen and oxygen atoms in total. The number of hydrogen-bond donors (Lipinski definition) is 1. The van der Waals surface area contributed by atoms with Gasteiger partial charge in [-0.1, -0.05) is 6.07 Å². The van der Waals surface area contributed by atoms with Gasteiger partial charge in [-0.25, -0.2) is 4.39 Å². The van der Waals surface area contributed by atoms with Crippen molar-refractivity contribution < 1.29 is 9.13 Å². The van der Waals surface area contributed by atoms with E-state index in [-0.39, 0.29) is 12.4 Å². The van der Waals surface area contributed by atoms with Gasteiger partial charge in [0.15, 0.2) is 0 Å². The lowest BCUT2D eigenvalue weighted by Crippen LogP contribution is -2.04. The van der Waals surface area contributed by atoms with Crippen LogP contribution in [0.15, 0.2) is 36.5 Å². The first kappa shape index (κ1) is 11.4. The summed E-state index contributed by atoms with van der Waals surface area (Å²) in [5.74, 6) is 0.279. The minimum Gasteiger partial charge on any atom is -0.487 e. The molecule has 0 aliphatic heterocycles. The highest BCUT2D eigenvalue weighted by Crippen LogP contribution is 2.20. The zero-order chi connectivity index (χ0) is 12.3. The number of benzene rings is 1. The monoisotopic (exact) mass is 232 g/mol. The molecule has 2 rings (SSSR count). The summed E-state index contributed by atoms with van der Waals surface area (Å²) in [7, 11) is 0. The molecule has 0 spiro atoms. The predicted molar refractivity (Wildman–Crippen MR) is 64.1 cm³/mol. The Morgan fingerprint density at radius 3 is 2.82 bits per heavy atom. The first-order valence-corrected chi connectivity index (χ1v) is 5.26. The van der Waals surface area contributed by atoms with E-state index >= 15 is 0 Å². The van der Waals surface area contributed by atoms with Crippen molar-refractivity contribution in [2.75, 3.05) is 5.73 Å². The van der Waals surface area contributed by atoms with Crippen molar-refractivity contribution in [1.82, 2.24) is 4.98 Å². The van der Waals surface area contributed by atoms with Crippen molar-refractivity contribution >= 4 is 5.69 Å². The number of nitrogens with two attached hydrogens (primary N) is 1. The van der Waals surface area contributed by atoms with Gasteiger partial charge in [0, 0.05) is 17.4 Å². The largest absolute Gasteiger partial charge is 0.487 e. The number of ether oxygens (including phenoxy) is 1. The van der Waals surface area contributed by atoms with Crippen LogP contribution in [0.25, 0.3) is 0 Å². The molecule has 1 aromatic heterocycles. The van der Waals surface area contributed by atoms with Crippen LogP contribution in [0.5, 0.6) is 5.75 Å². The number of aryl methyl sites for hydroxylation is 1. The highest BCUT2D eigenvalue weighted by atomic mass is 19.1. The number of nitrogens with zero attached hydrogens (tertiary/aromatic N) is 1. The molecule has 4 heteroatoms. The van der Waals surface area contributed by atoms with E-state index < -0.39 is 0 Å². The summed E-state index contributed by atoms with van der Waals surface area (Å²) >= 11 is 0. The standard InChI is InChI=1S/C13H13FN2O/c1-9-13(6-3-7-16-9)17-8-10-11(14)4-2-5-12(10)15/h2-7H,8,15H2,1H3. The van der Waals surface area contributed by atoms with E-state index in [1.54, 1.807) is 30.5 Å². The summed E-state index contributed by atoms with van der Waals surface area (Å²) in [6.07, 6.45) is 1.68. The van der Waals surface area contributed by atoms with Gasteiger partial charge < -0.3 is 10.5 Å². The van der Waals surface area contributed by atoms with Gasteiger partial charge in [-0.15, -0.1) is 0 Å². The minimum atomic E-state index is -0.355. The molecule has 0 aliphatic rings. The highest BCUT2D eigenvalue weighted by Gasteiger charge is 2.07. The summed E-state index contributed by atoms with van der Waals surface area (Å²) in [5.41, 5.74) is 7.22. The molecule has 0 saturated carbocycles. The lowest BCUT2D eigenvalue weighted by Gasteiger charge is -2.10. The van der Waals surface area contributed by atoms with Crippen LogP contribution in [-0.4, -0.2) is 4.98 Å². The van der Waals surface area contributed by atoms with Crippen LogP contribution >= 0.6 is 0 Å². The van der Waals surface area contributed by atoms with E-state index in [4.69, 9.17) is 10.5 Å². The van der Waals surface area contributed by atoms with E-state index in [1.165, 1.54) is 6.07 Å². The first-order chi connectivity index (χ1) is 8.18. The summed E-state index contributed by atoms with van der Waals surface area (Å²) < 4.78 is 19.0. The molecule has 0 aliphatic carbocycles. The normalized spacial score (nSPS) is 10.2. The second-order valence-corrected chi connectivity index (χ2v) is 3.68. The summed E-state index contributed by atoms with van der Waals surface area (Å²) in [5, 5.41) is 0. The molecule has 0 amide bonds. The third-order valence-electron chi connectivity index (χ3n) is 2.49. The average molecular weight is 232 g/mol. The molecule has 2 N–H and O–H groups in total. The van der Waals surface area contributed by atoms with Crippen LogP contribution in [0, 0.1) is 12.7 Å². The number of nitrogen functional groups attached to an aromatic ring is 1. The van der Waals surface area contributed by atoms with Crippen LogP contribution in [0.4, 0.5) is 10.1 Å². The Morgan fingerprint density at radius 2 is 2.12 bits per heavy atom. The molecule has 88 valence electrons. The van der Waals surface area contributed by atoms with E-state index in [2.05, 4.69) is 4.98 Å². The molecular formula is C13H13FN2O. The second kappa shape index (κ2) is 4.82. The molecule has 0 saturated heterocycles. The maximum Gasteiger partial charge on any atom is 0.141 e. The Bertz CT molecular complexity index is 508. The first-order valence-electron chi connectivity index (χ1n) is 5.26. The van der Waals surface area contributed by atoms with Crippen molar-refractivity contribution in [2.24, 2.45) is 0 Å². The maximum absolute atomic E-state index is 13.5. The second-order valence-electron chi connectivity index (χ2n) is 3.68. The van der Waals surface area contributed by atoms with Crippen LogP contribution in [-0.2, 0) is 6.61 Å². The van der Waals surface area contributed by atoms with Gasteiger partial charge in [0.05, 0.1) is 5.69 Å². The molecule has 2 aromatic rings. The Balaban J connectivity index is 2.16. The number of anilines is 1. The summed E-state index contributed by atoms with van der Waals surface area (Å²) in [6, 6.07) is 8.15. The van der Waals surface area contributed by atoms with Gasteiger partial charge in [-0.05, 0) is 31.2 Å². The Hall–Kier alpha value is -2.10. The molecule has 1 heterocycles. The van der Waals surface area contributed by atoms with Gasteiger partial charge in [0.2, 0.25) is 0 Å². The minimum absolute atomic E-state index is 0.102. The zero-order valence-electron chi connectivity index (χ0n) is 9.48. The fourth-order valence-electron chi connectivity index (χ4n) is 1.50. The lowest BCUT2D eigenvalue weighted by molar-refractivity contribution is 0.297. The molecular weight excluding hydrogens is 219 g/mol. The summed E-state index contributed by atoms with van der Waals surface area (Å²) in [6.45, 7) is 1.94. The molecule has 0 fully saturated rings. The quantitative estimate of drug-likeness (QED) is 0.828. The lowest BCUT2D eigenvalue weighted by atomic mass is 10.2. The van der Waals surface area contributed by atoms with E-state index in [0.29, 0.717) is 17.0 Å². The van der Waals surface area contributed by atoms with Crippen molar-refractivity contribution in [1.29, 1.82) is 0 Å². The van der Waals surface area contributed by atoms with E-state index in [1.807, 2.05) is 6.92 Å². The van der Waals surface area contributed by atoms with Crippen LogP contribution < -0.4 is 10.5 Å². The topological polar surface area (TPSA) is 48.1 Å². The van der Waals surface area contributed by atoms with Crippen LogP contribution in [0.1, 0.15) is 11.3 Å². The van der Waals surface area contributed by atoms with Gasteiger partial charge in [0.1, 0.15) is 18.2 Å². The third-order valence-corrected chi connectivity index (χ3v) is 2.49. The number of rotatable bonds is 3. The van der Waals surface area contributed by atoms with Gasteiger partial charge in [-0.2, -0.15) is 0 Å². The smallest absolute Gasteiger partial charge is 0.141 e. The Morgan fingerprint density at radius 1 is 1.29 bits per heavy atom. The SMILES string of the molecule is Cc1ncccc1OCc1c(N)cccc1F. The van der Waals surface area contributed by atoms with Gasteiger partial charge in [-0.3, -0.25) is 4.98 Å². The van der Waals surface area contributed by atoms with Gasteiger partial charge in [0.25, 0.3) is 0 Å². The predicted octanol–water partition coefficient (Wildman–Crippen LogP) is 2.69. The number of pyridine rings is 1. The van der Waals surface area contributed by atoms with Crippen molar-refractivity contribution in [3.8, 4) is 5.75 Å². The number of halogens is 1. The fourth-order valence-corrected chi connectivity index (χ4v) is 1.50. The molecule has 17 heavy (non-hydrogen) atoms. The molecule has 0 radical (unpaired) electrons. The Kier molecular flexibility index (Phi) is 3.23. The molecule has 0 atom stereocenters. The Labute approximate surface area is 99.1 Å². The number of aromatic nitrogens is 1. The summed E-state index contributed by atoms with van der Waals surface area (Å²) in [4.78, 5) is 4.09. The van der Waals surface area contributed by atoms with Gasteiger partial charge >= 0.3 is 0 Å². The average Bonchev–Trinajstić information content (AvgIpc) is 2.30. The van der Waals surface area contributed by atoms with E-state index in [0.717, 1.165) is 5.69 Å². The van der Waals surface area contributed by atoms with Crippen molar-refractivity contribution in [3.63, 3.8) is 0 Å². The zero-order valence-corrected chi connectivity index (χ0v) is 9.48. The molecule has 0 unspecified atom stereocenters. The van der Waals surface area contributed by atoms with Crippen molar-refractivity contribution in [2.45, 2.75) is 13.5 Å². The van der Waals surface area contributed by atoms with Crippen LogP contribution in [0.2, 0.25) is 0 Å². The maximum atomic E-state index is 13.5. The number of hydrogen-bond acceptors (Lipinski definition) is 3. The third kappa shape index (κ3) is 2.53. The fraction of sp³-hybridized carbons (Fsp3) is 0.154. The van der Waals surface area contributed by atoms with Crippen molar-refractivity contribution in [3.05, 3.63) is 53.6 Å². The van der Waals surface area contributed by atoms with E-state index in [9.17, 15) is 4.39 Å². The highest BCUT2D eigenvalue weighted by molar-refractivity contribution is 5.47. The van der Waals surface area contributed by atoms with Crippen LogP contribution in [0.3, 0.4) is 0 Å². The molecule has 0 bridgehead atoms.